The lowest BCUT2D eigenvalue weighted by Crippen LogP contribution is -2.40. The van der Waals surface area contributed by atoms with Gasteiger partial charge in [0.05, 0.1) is 25.0 Å². The van der Waals surface area contributed by atoms with Crippen LogP contribution in [0, 0.1) is 0 Å². The largest absolute Gasteiger partial charge is 0.402 e. The first kappa shape index (κ1) is 26.2. The number of nitrogens with zero attached hydrogens (tertiary/aromatic N) is 2. The number of aliphatic hydroxyl groups is 3. The Kier molecular flexibility index (Phi) is 20.2. The van der Waals surface area contributed by atoms with Gasteiger partial charge in [0.15, 0.2) is 0 Å². The fraction of sp³-hybridized carbons (Fsp3) is 0.824. The third kappa shape index (κ3) is 20.9. The van der Waals surface area contributed by atoms with Crippen molar-refractivity contribution in [2.24, 2.45) is 10.7 Å². The van der Waals surface area contributed by atoms with E-state index in [1.165, 1.54) is 13.1 Å². The predicted molar refractivity (Wildman–Crippen MR) is 103 cm³/mol. The van der Waals surface area contributed by atoms with E-state index in [0.717, 1.165) is 26.1 Å². The van der Waals surface area contributed by atoms with Crippen molar-refractivity contribution in [2.45, 2.75) is 26.4 Å². The molecule has 0 aromatic carbocycles. The number of hydrogen-bond acceptors (Lipinski definition) is 8. The summed E-state index contributed by atoms with van der Waals surface area (Å²) in [6, 6.07) is 0. The molecule has 0 aromatic rings. The number of rotatable bonds is 2. The molecule has 1 atom stereocenters. The highest BCUT2D eigenvalue weighted by Crippen LogP contribution is 2.00. The van der Waals surface area contributed by atoms with Crippen molar-refractivity contribution < 1.29 is 20.1 Å². The quantitative estimate of drug-likeness (QED) is 0.407. The van der Waals surface area contributed by atoms with Crippen LogP contribution in [0.4, 0.5) is 0 Å². The summed E-state index contributed by atoms with van der Waals surface area (Å²) in [6.07, 6.45) is 2.28. The number of aliphatic imine (C=N–C) groups is 1. The molecule has 2 rings (SSSR count). The lowest BCUT2D eigenvalue weighted by Gasteiger charge is -2.21. The second kappa shape index (κ2) is 19.3. The number of allylic oxidation sites excluding steroid dienone is 1. The van der Waals surface area contributed by atoms with Crippen LogP contribution in [-0.4, -0.2) is 98.7 Å². The molecule has 6 N–H and O–H groups in total. The van der Waals surface area contributed by atoms with Gasteiger partial charge in [-0.15, -0.1) is 0 Å². The molecule has 0 radical (unpaired) electrons. The zero-order chi connectivity index (χ0) is 19.5. The average molecular weight is 363 g/mol. The topological polar surface area (TPSA) is 124 Å². The van der Waals surface area contributed by atoms with E-state index in [-0.39, 0.29) is 19.3 Å². The number of aliphatic hydroxyl groups excluding tert-OH is 3. The van der Waals surface area contributed by atoms with Gasteiger partial charge in [-0.2, -0.15) is 0 Å². The van der Waals surface area contributed by atoms with E-state index in [2.05, 4.69) is 22.3 Å². The van der Waals surface area contributed by atoms with Gasteiger partial charge >= 0.3 is 0 Å². The SMILES string of the molecule is CCO.CN1CCNCC1.CN=C(/C=C(/C)N)CO.O[C@H]1CCOC1. The summed E-state index contributed by atoms with van der Waals surface area (Å²) in [5, 5.41) is 28.0. The molecule has 2 heterocycles. The van der Waals surface area contributed by atoms with Crippen molar-refractivity contribution in [1.82, 2.24) is 10.2 Å². The van der Waals surface area contributed by atoms with Gasteiger partial charge in [0.25, 0.3) is 0 Å². The second-order valence-corrected chi connectivity index (χ2v) is 5.65. The molecular weight excluding hydrogens is 324 g/mol. The Bertz CT molecular complexity index is 336. The van der Waals surface area contributed by atoms with Crippen molar-refractivity contribution >= 4 is 5.71 Å². The van der Waals surface area contributed by atoms with Gasteiger partial charge in [-0.05, 0) is 33.4 Å². The highest BCUT2D eigenvalue weighted by Gasteiger charge is 2.09. The molecule has 0 bridgehead atoms. The lowest BCUT2D eigenvalue weighted by molar-refractivity contribution is 0.127. The first-order valence-electron chi connectivity index (χ1n) is 8.67. The minimum atomic E-state index is -0.176. The molecule has 2 aliphatic heterocycles. The molecule has 8 heteroatoms. The van der Waals surface area contributed by atoms with E-state index >= 15 is 0 Å². The summed E-state index contributed by atoms with van der Waals surface area (Å²) < 4.78 is 4.81. The smallest absolute Gasteiger partial charge is 0.0849 e. The van der Waals surface area contributed by atoms with Gasteiger partial charge in [-0.25, -0.2) is 0 Å². The van der Waals surface area contributed by atoms with Crippen molar-refractivity contribution in [3.05, 3.63) is 11.8 Å². The van der Waals surface area contributed by atoms with E-state index in [1.54, 1.807) is 27.0 Å². The molecule has 0 spiro atoms. The molecule has 25 heavy (non-hydrogen) atoms. The van der Waals surface area contributed by atoms with E-state index in [4.69, 9.17) is 25.8 Å². The third-order valence-corrected chi connectivity index (χ3v) is 3.09. The van der Waals surface area contributed by atoms with Crippen molar-refractivity contribution in [1.29, 1.82) is 0 Å². The zero-order valence-corrected chi connectivity index (χ0v) is 16.2. The monoisotopic (exact) mass is 362 g/mol. The molecule has 0 unspecified atom stereocenters. The molecule has 0 amide bonds. The third-order valence-electron chi connectivity index (χ3n) is 3.09. The molecule has 8 nitrogen and oxygen atoms in total. The molecule has 2 aliphatic rings. The van der Waals surface area contributed by atoms with Crippen LogP contribution in [-0.2, 0) is 4.74 Å². The van der Waals surface area contributed by atoms with E-state index < -0.39 is 0 Å². The zero-order valence-electron chi connectivity index (χ0n) is 16.2. The van der Waals surface area contributed by atoms with Gasteiger partial charge in [-0.3, -0.25) is 4.99 Å². The van der Waals surface area contributed by atoms with E-state index in [1.807, 2.05) is 0 Å². The maximum atomic E-state index is 8.60. The number of hydrogen-bond donors (Lipinski definition) is 5. The summed E-state index contributed by atoms with van der Waals surface area (Å²) in [5.74, 6) is 0. The van der Waals surface area contributed by atoms with E-state index in [9.17, 15) is 0 Å². The first-order valence-corrected chi connectivity index (χ1v) is 8.67. The first-order chi connectivity index (χ1) is 11.9. The summed E-state index contributed by atoms with van der Waals surface area (Å²) in [5.41, 5.74) is 6.58. The maximum absolute atomic E-state index is 8.60. The standard InChI is InChI=1S/C6H12N2O.C5H12N2.C4H8O2.C2H6O/c1-5(7)3-6(4-9)8-2;1-7-4-2-6-3-5-7;5-4-1-2-6-3-4;1-2-3/h3,9H,4,7H2,1-2H3;6H,2-5H2,1H3;4-5H,1-3H2;3H,2H2,1H3/b5-3-,8-6?;;;/t;;4-;/m..0./s1. The Labute approximate surface area is 152 Å². The summed E-state index contributed by atoms with van der Waals surface area (Å²) in [4.78, 5) is 6.09. The van der Waals surface area contributed by atoms with Gasteiger partial charge in [-0.1, -0.05) is 0 Å². The number of piperazine rings is 1. The van der Waals surface area contributed by atoms with Crippen LogP contribution >= 0.6 is 0 Å². The minimum absolute atomic E-state index is 0.0506. The van der Waals surface area contributed by atoms with E-state index in [0.29, 0.717) is 18.0 Å². The minimum Gasteiger partial charge on any atom is -0.402 e. The lowest BCUT2D eigenvalue weighted by atomic mass is 10.3. The average Bonchev–Trinajstić information content (AvgIpc) is 3.06. The van der Waals surface area contributed by atoms with Crippen molar-refractivity contribution in [2.75, 3.05) is 66.7 Å². The fourth-order valence-corrected chi connectivity index (χ4v) is 1.74. The molecular formula is C17H38N4O4. The molecule has 0 aliphatic carbocycles. The van der Waals surface area contributed by atoms with Crippen molar-refractivity contribution in [3.8, 4) is 0 Å². The van der Waals surface area contributed by atoms with Crippen LogP contribution in [0.3, 0.4) is 0 Å². The van der Waals surface area contributed by atoms with Crippen LogP contribution in [0.5, 0.6) is 0 Å². The Hall–Kier alpha value is -1.03. The summed E-state index contributed by atoms with van der Waals surface area (Å²) in [6.45, 7) is 9.65. The molecule has 0 saturated carbocycles. The normalized spacial score (nSPS) is 21.2. The van der Waals surface area contributed by atoms with Crippen molar-refractivity contribution in [3.63, 3.8) is 0 Å². The summed E-state index contributed by atoms with van der Waals surface area (Å²) in [7, 11) is 3.77. The maximum Gasteiger partial charge on any atom is 0.0849 e. The van der Waals surface area contributed by atoms with Crippen LogP contribution in [0.2, 0.25) is 0 Å². The number of nitrogens with two attached hydrogens (primary N) is 1. The highest BCUT2D eigenvalue weighted by atomic mass is 16.5. The molecule has 2 fully saturated rings. The fourth-order valence-electron chi connectivity index (χ4n) is 1.74. The molecule has 0 aromatic heterocycles. The van der Waals surface area contributed by atoms with Gasteiger partial charge in [0.2, 0.25) is 0 Å². The summed E-state index contributed by atoms with van der Waals surface area (Å²) >= 11 is 0. The Balaban J connectivity index is 0. The Morgan fingerprint density at radius 2 is 1.92 bits per heavy atom. The Morgan fingerprint density at radius 3 is 2.08 bits per heavy atom. The van der Waals surface area contributed by atoms with Crippen LogP contribution < -0.4 is 11.1 Å². The number of likely N-dealkylation sites (N-methyl/N-ethyl adjacent to an activating group) is 1. The van der Waals surface area contributed by atoms with Crippen LogP contribution in [0.15, 0.2) is 16.8 Å². The van der Waals surface area contributed by atoms with Gasteiger partial charge in [0.1, 0.15) is 0 Å². The van der Waals surface area contributed by atoms with Gasteiger partial charge in [0, 0.05) is 52.1 Å². The van der Waals surface area contributed by atoms with Crippen LogP contribution in [0.25, 0.3) is 0 Å². The molecule has 150 valence electrons. The predicted octanol–water partition coefficient (Wildman–Crippen LogP) is -0.800. The highest BCUT2D eigenvalue weighted by molar-refractivity contribution is 5.96. The number of nitrogens with one attached hydrogen (secondary N) is 1. The molecule has 2 saturated heterocycles. The number of ether oxygens (including phenoxy) is 1. The second-order valence-electron chi connectivity index (χ2n) is 5.65. The Morgan fingerprint density at radius 1 is 1.36 bits per heavy atom. The van der Waals surface area contributed by atoms with Crippen LogP contribution in [0.1, 0.15) is 20.3 Å². The van der Waals surface area contributed by atoms with Gasteiger partial charge < -0.3 is 36.0 Å².